The fourth-order valence-electron chi connectivity index (χ4n) is 1.85. The number of hydrogen-bond donors (Lipinski definition) is 0. The Balaban J connectivity index is 2.41. The Kier molecular flexibility index (Phi) is 3.72. The third kappa shape index (κ3) is 2.40. The quantitative estimate of drug-likeness (QED) is 0.773. The van der Waals surface area contributed by atoms with Crippen molar-refractivity contribution in [3.8, 4) is 5.75 Å². The van der Waals surface area contributed by atoms with E-state index in [2.05, 4.69) is 4.98 Å². The van der Waals surface area contributed by atoms with Crippen LogP contribution in [-0.4, -0.2) is 17.9 Å². The first-order chi connectivity index (χ1) is 8.76. The highest BCUT2D eigenvalue weighted by Crippen LogP contribution is 2.18. The van der Waals surface area contributed by atoms with Crippen molar-refractivity contribution in [2.24, 2.45) is 0 Å². The molecule has 0 aliphatic carbocycles. The summed E-state index contributed by atoms with van der Waals surface area (Å²) in [6, 6.07) is 8.95. The molecule has 0 spiro atoms. The lowest BCUT2D eigenvalue weighted by molar-refractivity contribution is 0.103. The number of benzene rings is 1. The van der Waals surface area contributed by atoms with E-state index in [1.165, 1.54) is 0 Å². The van der Waals surface area contributed by atoms with Crippen LogP contribution >= 0.6 is 0 Å². The molecule has 0 saturated heterocycles. The van der Waals surface area contributed by atoms with Crippen molar-refractivity contribution in [2.75, 3.05) is 7.11 Å². The summed E-state index contributed by atoms with van der Waals surface area (Å²) in [6.45, 7) is 2.01. The van der Waals surface area contributed by atoms with Gasteiger partial charge in [0.25, 0.3) is 0 Å². The van der Waals surface area contributed by atoms with Crippen molar-refractivity contribution < 1.29 is 9.53 Å². The van der Waals surface area contributed by atoms with E-state index < -0.39 is 0 Å². The molecule has 0 unspecified atom stereocenters. The van der Waals surface area contributed by atoms with Crippen molar-refractivity contribution in [3.63, 3.8) is 0 Å². The van der Waals surface area contributed by atoms with Crippen molar-refractivity contribution in [2.45, 2.75) is 13.3 Å². The summed E-state index contributed by atoms with van der Waals surface area (Å²) in [5.74, 6) is 0.695. The molecule has 0 atom stereocenters. The minimum absolute atomic E-state index is 0.00755. The lowest BCUT2D eigenvalue weighted by atomic mass is 9.99. The summed E-state index contributed by atoms with van der Waals surface area (Å²) in [5.41, 5.74) is 2.31. The van der Waals surface area contributed by atoms with Crippen LogP contribution in [0.1, 0.15) is 28.4 Å². The standard InChI is InChI=1S/C15H15NO2/c1-3-11-10-16-8-7-14(11)15(17)12-5-4-6-13(9-12)18-2/h4-10H,3H2,1-2H3. The van der Waals surface area contributed by atoms with E-state index in [1.807, 2.05) is 19.1 Å². The smallest absolute Gasteiger partial charge is 0.193 e. The van der Waals surface area contributed by atoms with Gasteiger partial charge in [-0.25, -0.2) is 0 Å². The molecule has 0 aliphatic heterocycles. The second kappa shape index (κ2) is 5.45. The zero-order valence-electron chi connectivity index (χ0n) is 10.5. The monoisotopic (exact) mass is 241 g/mol. The molecule has 2 aromatic rings. The van der Waals surface area contributed by atoms with Gasteiger partial charge in [0.2, 0.25) is 0 Å². The van der Waals surface area contributed by atoms with Gasteiger partial charge >= 0.3 is 0 Å². The van der Waals surface area contributed by atoms with Crippen LogP contribution in [0.15, 0.2) is 42.7 Å². The van der Waals surface area contributed by atoms with Crippen LogP contribution in [0.4, 0.5) is 0 Å². The Bertz CT molecular complexity index is 564. The summed E-state index contributed by atoms with van der Waals surface area (Å²) in [6.07, 6.45) is 4.18. The lowest BCUT2D eigenvalue weighted by Crippen LogP contribution is -2.05. The van der Waals surface area contributed by atoms with E-state index in [-0.39, 0.29) is 5.78 Å². The van der Waals surface area contributed by atoms with E-state index in [9.17, 15) is 4.79 Å². The third-order valence-corrected chi connectivity index (χ3v) is 2.86. The number of ketones is 1. The van der Waals surface area contributed by atoms with Gasteiger partial charge in [0.05, 0.1) is 7.11 Å². The number of carbonyl (C=O) groups is 1. The van der Waals surface area contributed by atoms with Gasteiger partial charge in [-0.15, -0.1) is 0 Å². The molecule has 0 aliphatic rings. The van der Waals surface area contributed by atoms with Gasteiger partial charge in [-0.3, -0.25) is 9.78 Å². The van der Waals surface area contributed by atoms with Crippen LogP contribution in [0.2, 0.25) is 0 Å². The molecule has 3 nitrogen and oxygen atoms in total. The summed E-state index contributed by atoms with van der Waals surface area (Å²) in [4.78, 5) is 16.5. The van der Waals surface area contributed by atoms with Crippen molar-refractivity contribution >= 4 is 5.78 Å². The van der Waals surface area contributed by atoms with Crippen molar-refractivity contribution in [3.05, 3.63) is 59.4 Å². The molecule has 2 rings (SSSR count). The Morgan fingerprint density at radius 2 is 2.17 bits per heavy atom. The average molecular weight is 241 g/mol. The topological polar surface area (TPSA) is 39.2 Å². The second-order valence-electron chi connectivity index (χ2n) is 3.95. The predicted molar refractivity (Wildman–Crippen MR) is 70.0 cm³/mol. The van der Waals surface area contributed by atoms with Crippen LogP contribution in [0.3, 0.4) is 0 Å². The van der Waals surface area contributed by atoms with Gasteiger partial charge in [0.1, 0.15) is 5.75 Å². The number of methoxy groups -OCH3 is 1. The van der Waals surface area contributed by atoms with E-state index in [0.717, 1.165) is 12.0 Å². The molecule has 18 heavy (non-hydrogen) atoms. The first-order valence-corrected chi connectivity index (χ1v) is 5.88. The lowest BCUT2D eigenvalue weighted by Gasteiger charge is -2.07. The van der Waals surface area contributed by atoms with Gasteiger partial charge in [0.15, 0.2) is 5.78 Å². The molecule has 1 heterocycles. The molecule has 0 bridgehead atoms. The predicted octanol–water partition coefficient (Wildman–Crippen LogP) is 2.88. The van der Waals surface area contributed by atoms with E-state index >= 15 is 0 Å². The number of aryl methyl sites for hydroxylation is 1. The number of nitrogens with zero attached hydrogens (tertiary/aromatic N) is 1. The largest absolute Gasteiger partial charge is 0.497 e. The van der Waals surface area contributed by atoms with Crippen LogP contribution in [-0.2, 0) is 6.42 Å². The highest BCUT2D eigenvalue weighted by Gasteiger charge is 2.13. The van der Waals surface area contributed by atoms with Crippen molar-refractivity contribution in [1.29, 1.82) is 0 Å². The minimum Gasteiger partial charge on any atom is -0.497 e. The third-order valence-electron chi connectivity index (χ3n) is 2.86. The summed E-state index contributed by atoms with van der Waals surface area (Å²) < 4.78 is 5.13. The average Bonchev–Trinajstić information content (AvgIpc) is 2.46. The van der Waals surface area contributed by atoms with Crippen LogP contribution in [0.5, 0.6) is 5.75 Å². The zero-order chi connectivity index (χ0) is 13.0. The number of carbonyl (C=O) groups excluding carboxylic acids is 1. The maximum Gasteiger partial charge on any atom is 0.193 e. The Hall–Kier alpha value is -2.16. The number of ether oxygens (including phenoxy) is 1. The summed E-state index contributed by atoms with van der Waals surface area (Å²) in [7, 11) is 1.59. The fourth-order valence-corrected chi connectivity index (χ4v) is 1.85. The van der Waals surface area contributed by atoms with Gasteiger partial charge in [-0.2, -0.15) is 0 Å². The summed E-state index contributed by atoms with van der Waals surface area (Å²) >= 11 is 0. The van der Waals surface area contributed by atoms with Gasteiger partial charge in [-0.05, 0) is 30.2 Å². The molecule has 1 aromatic carbocycles. The Labute approximate surface area is 106 Å². The van der Waals surface area contributed by atoms with Crippen molar-refractivity contribution in [1.82, 2.24) is 4.98 Å². The van der Waals surface area contributed by atoms with E-state index in [0.29, 0.717) is 16.9 Å². The maximum atomic E-state index is 12.4. The van der Waals surface area contributed by atoms with Crippen LogP contribution in [0.25, 0.3) is 0 Å². The Morgan fingerprint density at radius 3 is 2.89 bits per heavy atom. The second-order valence-corrected chi connectivity index (χ2v) is 3.95. The summed E-state index contributed by atoms with van der Waals surface area (Å²) in [5, 5.41) is 0. The molecule has 0 saturated carbocycles. The number of aromatic nitrogens is 1. The van der Waals surface area contributed by atoms with E-state index in [4.69, 9.17) is 4.74 Å². The number of rotatable bonds is 4. The molecule has 0 fully saturated rings. The van der Waals surface area contributed by atoms with Gasteiger partial charge in [-0.1, -0.05) is 19.1 Å². The SMILES string of the molecule is CCc1cnccc1C(=O)c1cccc(OC)c1. The van der Waals surface area contributed by atoms with Gasteiger partial charge < -0.3 is 4.74 Å². The molecule has 1 aromatic heterocycles. The highest BCUT2D eigenvalue weighted by atomic mass is 16.5. The molecular formula is C15H15NO2. The first kappa shape index (κ1) is 12.3. The highest BCUT2D eigenvalue weighted by molar-refractivity contribution is 6.10. The van der Waals surface area contributed by atoms with Crippen LogP contribution < -0.4 is 4.74 Å². The molecule has 0 amide bonds. The van der Waals surface area contributed by atoms with Crippen LogP contribution in [0, 0.1) is 0 Å². The minimum atomic E-state index is 0.00755. The normalized spacial score (nSPS) is 10.1. The number of hydrogen-bond acceptors (Lipinski definition) is 3. The van der Waals surface area contributed by atoms with Gasteiger partial charge in [0, 0.05) is 23.5 Å². The number of pyridine rings is 1. The molecular weight excluding hydrogens is 226 g/mol. The molecule has 3 heteroatoms. The molecule has 0 radical (unpaired) electrons. The molecule has 0 N–H and O–H groups in total. The first-order valence-electron chi connectivity index (χ1n) is 5.88. The molecule has 92 valence electrons. The zero-order valence-corrected chi connectivity index (χ0v) is 10.5. The Morgan fingerprint density at radius 1 is 1.33 bits per heavy atom. The maximum absolute atomic E-state index is 12.4. The van der Waals surface area contributed by atoms with E-state index in [1.54, 1.807) is 37.7 Å². The fraction of sp³-hybridized carbons (Fsp3) is 0.200.